The number of unbranched alkanes of at least 4 members (excludes halogenated alkanes) is 1. The van der Waals surface area contributed by atoms with Gasteiger partial charge in [0.2, 0.25) is 17.7 Å². The SMILES string of the molecule is C#CCNC(=O)COC1[C@@H](OCC(=O)NCCCCC(CO)OC(c2ccccc2)(c2ccc(OC)cc2)c2ccc(OC)cc2)[C@@H](COCC(=O)N(CC#C)CC#C)O[C@H]1n1ccc(=O)n(C(=O)c2ccccc2)c1=O. The summed E-state index contributed by atoms with van der Waals surface area (Å²) in [7, 11) is 3.18. The zero-order valence-corrected chi connectivity index (χ0v) is 42.7. The molecule has 5 aromatic rings. The van der Waals surface area contributed by atoms with E-state index < -0.39 is 97.6 Å². The normalized spacial score (nSPS) is 16.2. The molecule has 6 rings (SSSR count). The lowest BCUT2D eigenvalue weighted by molar-refractivity contribution is -0.141. The average molecular weight is 1050 g/mol. The second kappa shape index (κ2) is 29.1. The van der Waals surface area contributed by atoms with E-state index in [4.69, 9.17) is 52.4 Å². The number of aliphatic hydroxyl groups excluding tert-OH is 1. The molecule has 0 saturated carbocycles. The third kappa shape index (κ3) is 15.0. The van der Waals surface area contributed by atoms with Crippen LogP contribution in [-0.4, -0.2) is 141 Å². The number of amides is 3. The molecule has 3 amide bonds. The minimum Gasteiger partial charge on any atom is -0.497 e. The van der Waals surface area contributed by atoms with Crippen LogP contribution in [-0.2, 0) is 43.7 Å². The van der Waals surface area contributed by atoms with Crippen LogP contribution in [0.5, 0.6) is 11.5 Å². The van der Waals surface area contributed by atoms with Crippen molar-refractivity contribution in [3.05, 3.63) is 165 Å². The Morgan fingerprint density at radius 2 is 1.30 bits per heavy atom. The molecule has 3 N–H and O–H groups in total. The Kier molecular flexibility index (Phi) is 21.9. The highest BCUT2D eigenvalue weighted by atomic mass is 16.6. The largest absolute Gasteiger partial charge is 0.497 e. The molecule has 2 heterocycles. The number of rotatable bonds is 28. The Bertz CT molecular complexity index is 2930. The quantitative estimate of drug-likeness (QED) is 0.0373. The first-order chi connectivity index (χ1) is 37.4. The summed E-state index contributed by atoms with van der Waals surface area (Å²) in [6.07, 6.45) is 12.6. The Morgan fingerprint density at radius 1 is 0.727 bits per heavy atom. The third-order valence-electron chi connectivity index (χ3n) is 12.4. The molecular formula is C58H61N5O14. The molecule has 4 aromatic carbocycles. The van der Waals surface area contributed by atoms with E-state index >= 15 is 0 Å². The summed E-state index contributed by atoms with van der Waals surface area (Å²) in [6.45, 7) is -2.59. The van der Waals surface area contributed by atoms with Gasteiger partial charge in [0.15, 0.2) is 6.23 Å². The highest BCUT2D eigenvalue weighted by Gasteiger charge is 2.49. The minimum atomic E-state index is -1.51. The fraction of sp³-hybridized carbons (Fsp3) is 0.345. The van der Waals surface area contributed by atoms with Crippen LogP contribution >= 0.6 is 0 Å². The Balaban J connectivity index is 1.19. The molecule has 402 valence electrons. The van der Waals surface area contributed by atoms with E-state index in [0.717, 1.165) is 33.5 Å². The van der Waals surface area contributed by atoms with E-state index in [1.54, 1.807) is 32.4 Å². The highest BCUT2D eigenvalue weighted by molar-refractivity contribution is 5.95. The summed E-state index contributed by atoms with van der Waals surface area (Å²) >= 11 is 0. The average Bonchev–Trinajstić information content (AvgIpc) is 3.82. The van der Waals surface area contributed by atoms with Gasteiger partial charge in [-0.25, -0.2) is 4.79 Å². The van der Waals surface area contributed by atoms with E-state index in [1.807, 2.05) is 78.9 Å². The predicted octanol–water partition coefficient (Wildman–Crippen LogP) is 2.90. The van der Waals surface area contributed by atoms with Crippen molar-refractivity contribution < 1.29 is 57.4 Å². The van der Waals surface area contributed by atoms with Crippen molar-refractivity contribution in [1.29, 1.82) is 0 Å². The fourth-order valence-corrected chi connectivity index (χ4v) is 8.62. The molecule has 0 aliphatic carbocycles. The topological polar surface area (TPSA) is 224 Å². The maximum absolute atomic E-state index is 14.2. The van der Waals surface area contributed by atoms with Crippen molar-refractivity contribution in [2.24, 2.45) is 0 Å². The smallest absolute Gasteiger partial charge is 0.340 e. The van der Waals surface area contributed by atoms with Crippen molar-refractivity contribution >= 4 is 23.6 Å². The number of carbonyl (C=O) groups excluding carboxylic acids is 4. The van der Waals surface area contributed by atoms with E-state index in [9.17, 15) is 33.9 Å². The van der Waals surface area contributed by atoms with Crippen LogP contribution in [0.3, 0.4) is 0 Å². The van der Waals surface area contributed by atoms with Gasteiger partial charge in [-0.1, -0.05) is 90.6 Å². The predicted molar refractivity (Wildman–Crippen MR) is 283 cm³/mol. The van der Waals surface area contributed by atoms with Gasteiger partial charge in [-0.05, 0) is 72.4 Å². The maximum atomic E-state index is 14.2. The number of methoxy groups -OCH3 is 2. The van der Waals surface area contributed by atoms with Crippen LogP contribution in [0, 0.1) is 37.0 Å². The van der Waals surface area contributed by atoms with Crippen LogP contribution in [0.1, 0.15) is 52.5 Å². The van der Waals surface area contributed by atoms with Crippen LogP contribution in [0.2, 0.25) is 0 Å². The van der Waals surface area contributed by atoms with Gasteiger partial charge in [-0.2, -0.15) is 4.57 Å². The minimum absolute atomic E-state index is 0.0442. The summed E-state index contributed by atoms with van der Waals surface area (Å²) < 4.78 is 43.7. The van der Waals surface area contributed by atoms with Gasteiger partial charge in [-0.15, -0.1) is 19.3 Å². The molecule has 19 heteroatoms. The zero-order chi connectivity index (χ0) is 55.2. The molecule has 1 fully saturated rings. The van der Waals surface area contributed by atoms with Crippen molar-refractivity contribution in [3.8, 4) is 48.5 Å². The first kappa shape index (κ1) is 57.9. The van der Waals surface area contributed by atoms with Gasteiger partial charge in [0.05, 0.1) is 53.2 Å². The van der Waals surface area contributed by atoms with Crippen molar-refractivity contribution in [2.75, 3.05) is 73.4 Å². The standard InChI is InChI=1S/C58H61N5O14/c1-6-31-59-49(65)39-75-54-53(48(37-73-40-52(68)61(33-7-2)34-8-3)76-56(54)62-35-30-51(67)63(57(62)70)55(69)41-17-11-9-12-18-41)74-38-50(66)60-32-16-15-21-47(36-64)77-58(42-19-13-10-14-20-42,43-22-26-45(71-4)27-23-43)44-24-28-46(72-5)29-25-44/h1-3,9-14,17-20,22-30,35,47-48,53-54,56,64H,15-16,21,31-34,36-40H2,4-5H3,(H,59,65)(H,60,66)/t47?,48-,53+,54?,56-/m1/s1. The van der Waals surface area contributed by atoms with Gasteiger partial charge in [-0.3, -0.25) is 28.5 Å². The molecule has 0 bridgehead atoms. The second-order valence-corrected chi connectivity index (χ2v) is 17.4. The molecule has 1 aliphatic rings. The monoisotopic (exact) mass is 1050 g/mol. The van der Waals surface area contributed by atoms with Gasteiger partial charge >= 0.3 is 5.69 Å². The lowest BCUT2D eigenvalue weighted by Gasteiger charge is -2.39. The van der Waals surface area contributed by atoms with Crippen molar-refractivity contribution in [3.63, 3.8) is 0 Å². The van der Waals surface area contributed by atoms with Crippen LogP contribution in [0.4, 0.5) is 0 Å². The number of nitrogens with one attached hydrogen (secondary N) is 2. The van der Waals surface area contributed by atoms with E-state index in [0.29, 0.717) is 35.3 Å². The van der Waals surface area contributed by atoms with Crippen LogP contribution in [0.25, 0.3) is 0 Å². The number of nitrogens with zero attached hydrogens (tertiary/aromatic N) is 3. The van der Waals surface area contributed by atoms with Gasteiger partial charge < -0.3 is 53.8 Å². The summed E-state index contributed by atoms with van der Waals surface area (Å²) in [5, 5.41) is 16.1. The van der Waals surface area contributed by atoms with Gasteiger partial charge in [0.25, 0.3) is 11.5 Å². The van der Waals surface area contributed by atoms with Crippen molar-refractivity contribution in [2.45, 2.75) is 55.5 Å². The molecule has 1 aliphatic heterocycles. The van der Waals surface area contributed by atoms with E-state index in [1.165, 1.54) is 17.0 Å². The number of ether oxygens (including phenoxy) is 7. The number of carbonyl (C=O) groups is 4. The number of aliphatic hydroxyl groups is 1. The number of hydrogen-bond donors (Lipinski definition) is 3. The Labute approximate surface area is 446 Å². The summed E-state index contributed by atoms with van der Waals surface area (Å²) in [5.41, 5.74) is -0.769. The number of benzene rings is 4. The molecule has 5 atom stereocenters. The first-order valence-corrected chi connectivity index (χ1v) is 24.6. The molecule has 19 nitrogen and oxygen atoms in total. The first-order valence-electron chi connectivity index (χ1n) is 24.6. The Morgan fingerprint density at radius 3 is 1.87 bits per heavy atom. The summed E-state index contributed by atoms with van der Waals surface area (Å²) in [4.78, 5) is 81.5. The zero-order valence-electron chi connectivity index (χ0n) is 42.7. The fourth-order valence-electron chi connectivity index (χ4n) is 8.62. The molecule has 0 spiro atoms. The molecule has 0 radical (unpaired) electrons. The third-order valence-corrected chi connectivity index (χ3v) is 12.4. The second-order valence-electron chi connectivity index (χ2n) is 17.4. The van der Waals surface area contributed by atoms with Gasteiger partial charge in [0.1, 0.15) is 55.2 Å². The van der Waals surface area contributed by atoms with Crippen molar-refractivity contribution in [1.82, 2.24) is 24.7 Å². The number of terminal acetylenes is 3. The van der Waals surface area contributed by atoms with Crippen LogP contribution in [0.15, 0.2) is 131 Å². The van der Waals surface area contributed by atoms with Gasteiger partial charge in [0, 0.05) is 24.4 Å². The lowest BCUT2D eigenvalue weighted by Crippen LogP contribution is -2.47. The molecule has 1 saturated heterocycles. The van der Waals surface area contributed by atoms with Crippen LogP contribution < -0.4 is 31.4 Å². The number of aromatic nitrogens is 2. The molecule has 1 aromatic heterocycles. The molecule has 77 heavy (non-hydrogen) atoms. The maximum Gasteiger partial charge on any atom is 0.340 e. The summed E-state index contributed by atoms with van der Waals surface area (Å²) in [6, 6.07) is 33.4. The number of hydrogen-bond acceptors (Lipinski definition) is 14. The van der Waals surface area contributed by atoms with E-state index in [2.05, 4.69) is 28.4 Å². The van der Waals surface area contributed by atoms with E-state index in [-0.39, 0.29) is 38.3 Å². The lowest BCUT2D eigenvalue weighted by atomic mass is 9.79. The highest BCUT2D eigenvalue weighted by Crippen LogP contribution is 2.43. The molecule has 2 unspecified atom stereocenters. The summed E-state index contributed by atoms with van der Waals surface area (Å²) in [5.74, 6) is 5.65. The Hall–Kier alpha value is -8.32. The molecular weight excluding hydrogens is 991 g/mol.